The van der Waals surface area contributed by atoms with Gasteiger partial charge in [-0.2, -0.15) is 0 Å². The van der Waals surface area contributed by atoms with Crippen LogP contribution in [-0.2, 0) is 14.3 Å². The number of hydrogen-bond donors (Lipinski definition) is 1. The molecule has 5 heteroatoms. The van der Waals surface area contributed by atoms with Gasteiger partial charge in [-0.1, -0.05) is 48.0 Å². The summed E-state index contributed by atoms with van der Waals surface area (Å²) in [5, 5.41) is 3.36. The standard InChI is InChI=1S/C21H22ClNO3/c1-14-8-9-18(12-15(14)2)16(3)23-20(24)13-26-21(25)11-10-17-6-4-5-7-19(17)22/h4-12,16H,13H2,1-3H3,(H,23,24)/b11-10+/t16-/m0/s1. The Balaban J connectivity index is 1.83. The van der Waals surface area contributed by atoms with Crippen LogP contribution in [0.4, 0.5) is 0 Å². The summed E-state index contributed by atoms with van der Waals surface area (Å²) in [6.07, 6.45) is 2.81. The van der Waals surface area contributed by atoms with Crippen molar-refractivity contribution < 1.29 is 14.3 Å². The van der Waals surface area contributed by atoms with Crippen molar-refractivity contribution in [2.24, 2.45) is 0 Å². The Morgan fingerprint density at radius 2 is 1.88 bits per heavy atom. The van der Waals surface area contributed by atoms with E-state index in [2.05, 4.69) is 5.32 Å². The number of amides is 1. The Hall–Kier alpha value is -2.59. The highest BCUT2D eigenvalue weighted by Gasteiger charge is 2.11. The second kappa shape index (κ2) is 9.20. The van der Waals surface area contributed by atoms with E-state index in [9.17, 15) is 9.59 Å². The smallest absolute Gasteiger partial charge is 0.331 e. The summed E-state index contributed by atoms with van der Waals surface area (Å²) < 4.78 is 4.96. The van der Waals surface area contributed by atoms with Crippen LogP contribution in [0.1, 0.15) is 35.2 Å². The predicted molar refractivity (Wildman–Crippen MR) is 104 cm³/mol. The van der Waals surface area contributed by atoms with E-state index >= 15 is 0 Å². The van der Waals surface area contributed by atoms with E-state index in [1.165, 1.54) is 17.2 Å². The van der Waals surface area contributed by atoms with Gasteiger partial charge in [0.2, 0.25) is 0 Å². The maximum atomic E-state index is 12.0. The van der Waals surface area contributed by atoms with Gasteiger partial charge in [0.1, 0.15) is 0 Å². The summed E-state index contributed by atoms with van der Waals surface area (Å²) in [5.74, 6) is -0.950. The summed E-state index contributed by atoms with van der Waals surface area (Å²) in [4.78, 5) is 23.7. The zero-order chi connectivity index (χ0) is 19.1. The number of aryl methyl sites for hydroxylation is 2. The first-order valence-electron chi connectivity index (χ1n) is 8.32. The number of carbonyl (C=O) groups excluding carboxylic acids is 2. The van der Waals surface area contributed by atoms with Gasteiger partial charge in [-0.25, -0.2) is 4.79 Å². The molecule has 1 amide bonds. The minimum absolute atomic E-state index is 0.167. The maximum absolute atomic E-state index is 12.0. The number of ether oxygens (including phenoxy) is 1. The van der Waals surface area contributed by atoms with Crippen LogP contribution in [-0.4, -0.2) is 18.5 Å². The van der Waals surface area contributed by atoms with Crippen molar-refractivity contribution in [2.75, 3.05) is 6.61 Å². The van der Waals surface area contributed by atoms with E-state index in [1.54, 1.807) is 24.3 Å². The third-order valence-electron chi connectivity index (χ3n) is 4.06. The molecule has 0 spiro atoms. The lowest BCUT2D eigenvalue weighted by atomic mass is 10.0. The van der Waals surface area contributed by atoms with Crippen molar-refractivity contribution in [1.29, 1.82) is 0 Å². The Bertz CT molecular complexity index is 830. The number of carbonyl (C=O) groups is 2. The fourth-order valence-electron chi connectivity index (χ4n) is 2.35. The van der Waals surface area contributed by atoms with Gasteiger partial charge in [-0.3, -0.25) is 4.79 Å². The number of rotatable bonds is 6. The number of nitrogens with one attached hydrogen (secondary N) is 1. The monoisotopic (exact) mass is 371 g/mol. The first kappa shape index (κ1) is 19.7. The van der Waals surface area contributed by atoms with Crippen LogP contribution in [0.3, 0.4) is 0 Å². The highest BCUT2D eigenvalue weighted by Crippen LogP contribution is 2.17. The lowest BCUT2D eigenvalue weighted by Gasteiger charge is -2.15. The van der Waals surface area contributed by atoms with Gasteiger partial charge in [0.05, 0.1) is 6.04 Å². The number of hydrogen-bond acceptors (Lipinski definition) is 3. The molecule has 0 radical (unpaired) electrons. The van der Waals surface area contributed by atoms with E-state index in [-0.39, 0.29) is 18.6 Å². The molecule has 0 fully saturated rings. The van der Waals surface area contributed by atoms with Crippen LogP contribution in [0.5, 0.6) is 0 Å². The van der Waals surface area contributed by atoms with Crippen molar-refractivity contribution in [1.82, 2.24) is 5.32 Å². The summed E-state index contributed by atoms with van der Waals surface area (Å²) in [6, 6.07) is 13.0. The number of benzene rings is 2. The molecule has 4 nitrogen and oxygen atoms in total. The van der Waals surface area contributed by atoms with Crippen LogP contribution in [0, 0.1) is 13.8 Å². The Kier molecular flexibility index (Phi) is 6.98. The topological polar surface area (TPSA) is 55.4 Å². The number of esters is 1. The van der Waals surface area contributed by atoms with Crippen molar-refractivity contribution in [3.8, 4) is 0 Å². The summed E-state index contributed by atoms with van der Waals surface area (Å²) in [5.41, 5.74) is 4.08. The van der Waals surface area contributed by atoms with E-state index in [0.29, 0.717) is 10.6 Å². The molecule has 0 bridgehead atoms. The maximum Gasteiger partial charge on any atom is 0.331 e. The highest BCUT2D eigenvalue weighted by atomic mass is 35.5. The molecule has 0 heterocycles. The fraction of sp³-hybridized carbons (Fsp3) is 0.238. The Morgan fingerprint density at radius 1 is 1.15 bits per heavy atom. The lowest BCUT2D eigenvalue weighted by Crippen LogP contribution is -2.31. The molecule has 0 aliphatic carbocycles. The summed E-state index contributed by atoms with van der Waals surface area (Å²) in [6.45, 7) is 5.63. The van der Waals surface area contributed by atoms with Gasteiger partial charge in [0.15, 0.2) is 6.61 Å². The van der Waals surface area contributed by atoms with Gasteiger partial charge in [0, 0.05) is 11.1 Å². The molecule has 136 valence electrons. The van der Waals surface area contributed by atoms with Crippen LogP contribution < -0.4 is 5.32 Å². The third kappa shape index (κ3) is 5.74. The van der Waals surface area contributed by atoms with E-state index in [4.69, 9.17) is 16.3 Å². The Labute approximate surface area is 158 Å². The van der Waals surface area contributed by atoms with Crippen molar-refractivity contribution in [3.05, 3.63) is 75.8 Å². The molecule has 0 aliphatic heterocycles. The molecule has 26 heavy (non-hydrogen) atoms. The first-order valence-corrected chi connectivity index (χ1v) is 8.70. The minimum atomic E-state index is -0.598. The molecule has 2 aromatic carbocycles. The molecular weight excluding hydrogens is 350 g/mol. The fourth-order valence-corrected chi connectivity index (χ4v) is 2.55. The zero-order valence-corrected chi connectivity index (χ0v) is 15.8. The van der Waals surface area contributed by atoms with Crippen molar-refractivity contribution in [3.63, 3.8) is 0 Å². The molecule has 2 aromatic rings. The van der Waals surface area contributed by atoms with Crippen LogP contribution in [0.25, 0.3) is 6.08 Å². The van der Waals surface area contributed by atoms with E-state index in [1.807, 2.05) is 45.0 Å². The van der Waals surface area contributed by atoms with E-state index in [0.717, 1.165) is 5.56 Å². The predicted octanol–water partition coefficient (Wildman–Crippen LogP) is 4.39. The molecule has 0 saturated carbocycles. The number of halogens is 1. The van der Waals surface area contributed by atoms with Crippen LogP contribution in [0.2, 0.25) is 5.02 Å². The molecule has 0 aromatic heterocycles. The zero-order valence-electron chi connectivity index (χ0n) is 15.1. The van der Waals surface area contributed by atoms with Gasteiger partial charge in [-0.05, 0) is 55.2 Å². The van der Waals surface area contributed by atoms with Gasteiger partial charge in [-0.15, -0.1) is 0 Å². The summed E-state index contributed by atoms with van der Waals surface area (Å²) in [7, 11) is 0. The second-order valence-electron chi connectivity index (χ2n) is 6.10. The van der Waals surface area contributed by atoms with Gasteiger partial charge in [0.25, 0.3) is 5.91 Å². The average Bonchev–Trinajstić information content (AvgIpc) is 2.61. The molecule has 1 N–H and O–H groups in total. The average molecular weight is 372 g/mol. The molecule has 0 saturated heterocycles. The quantitative estimate of drug-likeness (QED) is 0.605. The first-order chi connectivity index (χ1) is 12.4. The largest absolute Gasteiger partial charge is 0.452 e. The lowest BCUT2D eigenvalue weighted by molar-refractivity contribution is -0.144. The molecule has 2 rings (SSSR count). The van der Waals surface area contributed by atoms with Gasteiger partial charge >= 0.3 is 5.97 Å². The molecular formula is C21H22ClNO3. The van der Waals surface area contributed by atoms with Crippen LogP contribution >= 0.6 is 11.6 Å². The Morgan fingerprint density at radius 3 is 2.58 bits per heavy atom. The summed E-state index contributed by atoms with van der Waals surface area (Å²) >= 11 is 6.00. The van der Waals surface area contributed by atoms with E-state index < -0.39 is 5.97 Å². The van der Waals surface area contributed by atoms with Gasteiger partial charge < -0.3 is 10.1 Å². The molecule has 1 atom stereocenters. The molecule has 0 unspecified atom stereocenters. The molecule has 0 aliphatic rings. The highest BCUT2D eigenvalue weighted by molar-refractivity contribution is 6.32. The normalized spacial score (nSPS) is 12.0. The second-order valence-corrected chi connectivity index (χ2v) is 6.50. The van der Waals surface area contributed by atoms with Crippen molar-refractivity contribution in [2.45, 2.75) is 26.8 Å². The third-order valence-corrected chi connectivity index (χ3v) is 4.40. The van der Waals surface area contributed by atoms with Crippen molar-refractivity contribution >= 4 is 29.6 Å². The SMILES string of the molecule is Cc1ccc([C@H](C)NC(=O)COC(=O)/C=C/c2ccccc2Cl)cc1C. The minimum Gasteiger partial charge on any atom is -0.452 e. The van der Waals surface area contributed by atoms with Crippen LogP contribution in [0.15, 0.2) is 48.5 Å².